The standard InChI is InChI=1S/C13H20N4O/c1-8-11(14)15-12(9-3-4-9)16-13(8)17-6-5-10(7-17)18-2/h9-10H,3-7H2,1-2H3,(H2,14,15,16). The van der Waals surface area contributed by atoms with Gasteiger partial charge >= 0.3 is 0 Å². The highest BCUT2D eigenvalue weighted by Crippen LogP contribution is 2.40. The Bertz CT molecular complexity index is 459. The third-order valence-corrected chi connectivity index (χ3v) is 3.90. The average Bonchev–Trinajstić information content (AvgIpc) is 3.11. The number of hydrogen-bond donors (Lipinski definition) is 1. The van der Waals surface area contributed by atoms with Crippen LogP contribution in [0.2, 0.25) is 0 Å². The van der Waals surface area contributed by atoms with Crippen molar-refractivity contribution in [1.82, 2.24) is 9.97 Å². The molecule has 2 N–H and O–H groups in total. The summed E-state index contributed by atoms with van der Waals surface area (Å²) < 4.78 is 5.41. The second kappa shape index (κ2) is 4.39. The van der Waals surface area contributed by atoms with Gasteiger partial charge in [0.1, 0.15) is 17.5 Å². The maximum atomic E-state index is 6.01. The summed E-state index contributed by atoms with van der Waals surface area (Å²) in [6, 6.07) is 0. The van der Waals surface area contributed by atoms with Crippen molar-refractivity contribution in [3.8, 4) is 0 Å². The number of methoxy groups -OCH3 is 1. The van der Waals surface area contributed by atoms with Gasteiger partial charge in [-0.1, -0.05) is 0 Å². The van der Waals surface area contributed by atoms with E-state index in [1.807, 2.05) is 6.92 Å². The van der Waals surface area contributed by atoms with Gasteiger partial charge in [-0.25, -0.2) is 9.97 Å². The number of aromatic nitrogens is 2. The van der Waals surface area contributed by atoms with Crippen LogP contribution < -0.4 is 10.6 Å². The van der Waals surface area contributed by atoms with Gasteiger partial charge < -0.3 is 15.4 Å². The molecule has 98 valence electrons. The summed E-state index contributed by atoms with van der Waals surface area (Å²) in [7, 11) is 1.77. The molecule has 3 rings (SSSR count). The Morgan fingerprint density at radius 1 is 1.28 bits per heavy atom. The van der Waals surface area contributed by atoms with Crippen molar-refractivity contribution in [3.05, 3.63) is 11.4 Å². The molecule has 0 spiro atoms. The van der Waals surface area contributed by atoms with Gasteiger partial charge in [0.05, 0.1) is 6.10 Å². The van der Waals surface area contributed by atoms with E-state index in [2.05, 4.69) is 9.88 Å². The second-order valence-corrected chi connectivity index (χ2v) is 5.28. The molecule has 0 aromatic carbocycles. The molecule has 1 aliphatic carbocycles. The predicted molar refractivity (Wildman–Crippen MR) is 70.8 cm³/mol. The molecule has 1 unspecified atom stereocenters. The van der Waals surface area contributed by atoms with Gasteiger partial charge in [0.25, 0.3) is 0 Å². The van der Waals surface area contributed by atoms with Crippen LogP contribution in [0.1, 0.15) is 36.6 Å². The molecule has 0 bridgehead atoms. The van der Waals surface area contributed by atoms with Gasteiger partial charge in [-0.2, -0.15) is 0 Å². The number of rotatable bonds is 3. The number of ether oxygens (including phenoxy) is 1. The van der Waals surface area contributed by atoms with Crippen LogP contribution >= 0.6 is 0 Å². The van der Waals surface area contributed by atoms with Crippen LogP contribution in [-0.2, 0) is 4.74 Å². The Balaban J connectivity index is 1.90. The molecule has 2 aliphatic rings. The monoisotopic (exact) mass is 248 g/mol. The van der Waals surface area contributed by atoms with Gasteiger partial charge in [-0.3, -0.25) is 0 Å². The number of nitrogens with zero attached hydrogens (tertiary/aromatic N) is 3. The number of nitrogen functional groups attached to an aromatic ring is 1. The van der Waals surface area contributed by atoms with Crippen LogP contribution in [0.25, 0.3) is 0 Å². The van der Waals surface area contributed by atoms with Gasteiger partial charge in [-0.05, 0) is 26.2 Å². The lowest BCUT2D eigenvalue weighted by Gasteiger charge is -2.20. The maximum absolute atomic E-state index is 6.01. The first-order chi connectivity index (χ1) is 8.69. The Kier molecular flexibility index (Phi) is 2.86. The SMILES string of the molecule is COC1CCN(c2nc(C3CC3)nc(N)c2C)C1. The van der Waals surface area contributed by atoms with Crippen molar-refractivity contribution >= 4 is 11.6 Å². The predicted octanol–water partition coefficient (Wildman–Crippen LogP) is 1.47. The second-order valence-electron chi connectivity index (χ2n) is 5.28. The molecule has 1 aliphatic heterocycles. The van der Waals surface area contributed by atoms with E-state index >= 15 is 0 Å². The fraction of sp³-hybridized carbons (Fsp3) is 0.692. The van der Waals surface area contributed by atoms with E-state index in [0.29, 0.717) is 17.8 Å². The van der Waals surface area contributed by atoms with Gasteiger partial charge in [0.2, 0.25) is 0 Å². The Hall–Kier alpha value is -1.36. The lowest BCUT2D eigenvalue weighted by molar-refractivity contribution is 0.121. The first-order valence-electron chi connectivity index (χ1n) is 6.60. The molecular formula is C13H20N4O. The van der Waals surface area contributed by atoms with Crippen LogP contribution in [0.4, 0.5) is 11.6 Å². The third kappa shape index (κ3) is 2.03. The van der Waals surface area contributed by atoms with Crippen molar-refractivity contribution < 1.29 is 4.74 Å². The first kappa shape index (κ1) is 11.7. The number of anilines is 2. The first-order valence-corrected chi connectivity index (χ1v) is 6.60. The molecular weight excluding hydrogens is 228 g/mol. The zero-order chi connectivity index (χ0) is 12.7. The quantitative estimate of drug-likeness (QED) is 0.877. The minimum absolute atomic E-state index is 0.310. The van der Waals surface area contributed by atoms with Crippen LogP contribution in [0.3, 0.4) is 0 Å². The van der Waals surface area contributed by atoms with E-state index in [1.165, 1.54) is 12.8 Å². The summed E-state index contributed by atoms with van der Waals surface area (Å²) in [5.74, 6) is 3.09. The fourth-order valence-electron chi connectivity index (χ4n) is 2.48. The molecule has 1 atom stereocenters. The smallest absolute Gasteiger partial charge is 0.137 e. The normalized spacial score (nSPS) is 23.7. The topological polar surface area (TPSA) is 64.3 Å². The van der Waals surface area contributed by atoms with E-state index in [0.717, 1.165) is 36.7 Å². The molecule has 1 saturated heterocycles. The molecule has 2 heterocycles. The summed E-state index contributed by atoms with van der Waals surface area (Å²) in [6.45, 7) is 3.89. The highest BCUT2D eigenvalue weighted by molar-refractivity contribution is 5.57. The Morgan fingerprint density at radius 3 is 2.67 bits per heavy atom. The van der Waals surface area contributed by atoms with E-state index in [-0.39, 0.29) is 0 Å². The minimum atomic E-state index is 0.310. The van der Waals surface area contributed by atoms with Crippen LogP contribution in [0.15, 0.2) is 0 Å². The fourth-order valence-corrected chi connectivity index (χ4v) is 2.48. The molecule has 1 aromatic rings. The zero-order valence-electron chi connectivity index (χ0n) is 11.0. The molecule has 0 amide bonds. The van der Waals surface area contributed by atoms with Gasteiger partial charge in [0.15, 0.2) is 0 Å². The van der Waals surface area contributed by atoms with Crippen molar-refractivity contribution in [1.29, 1.82) is 0 Å². The summed E-state index contributed by atoms with van der Waals surface area (Å²) in [5.41, 5.74) is 7.01. The van der Waals surface area contributed by atoms with E-state index in [9.17, 15) is 0 Å². The van der Waals surface area contributed by atoms with E-state index in [4.69, 9.17) is 15.5 Å². The molecule has 1 saturated carbocycles. The average molecular weight is 248 g/mol. The lowest BCUT2D eigenvalue weighted by atomic mass is 10.2. The molecule has 0 radical (unpaired) electrons. The summed E-state index contributed by atoms with van der Waals surface area (Å²) in [4.78, 5) is 11.4. The molecule has 2 fully saturated rings. The maximum Gasteiger partial charge on any atom is 0.137 e. The summed E-state index contributed by atoms with van der Waals surface area (Å²) >= 11 is 0. The minimum Gasteiger partial charge on any atom is -0.383 e. The van der Waals surface area contributed by atoms with Crippen LogP contribution in [-0.4, -0.2) is 36.3 Å². The van der Waals surface area contributed by atoms with Crippen molar-refractivity contribution in [2.45, 2.75) is 38.2 Å². The van der Waals surface area contributed by atoms with Crippen molar-refractivity contribution in [3.63, 3.8) is 0 Å². The van der Waals surface area contributed by atoms with Gasteiger partial charge in [0, 0.05) is 31.7 Å². The zero-order valence-corrected chi connectivity index (χ0v) is 11.0. The van der Waals surface area contributed by atoms with Crippen molar-refractivity contribution in [2.75, 3.05) is 30.8 Å². The summed E-state index contributed by atoms with van der Waals surface area (Å²) in [5, 5.41) is 0. The van der Waals surface area contributed by atoms with E-state index in [1.54, 1.807) is 7.11 Å². The largest absolute Gasteiger partial charge is 0.383 e. The molecule has 18 heavy (non-hydrogen) atoms. The highest BCUT2D eigenvalue weighted by atomic mass is 16.5. The molecule has 5 nitrogen and oxygen atoms in total. The van der Waals surface area contributed by atoms with Crippen molar-refractivity contribution in [2.24, 2.45) is 0 Å². The molecule has 5 heteroatoms. The Morgan fingerprint density at radius 2 is 2.06 bits per heavy atom. The van der Waals surface area contributed by atoms with Crippen LogP contribution in [0.5, 0.6) is 0 Å². The molecule has 1 aromatic heterocycles. The van der Waals surface area contributed by atoms with Crippen LogP contribution in [0, 0.1) is 6.92 Å². The highest BCUT2D eigenvalue weighted by Gasteiger charge is 2.30. The number of nitrogens with two attached hydrogens (primary N) is 1. The number of hydrogen-bond acceptors (Lipinski definition) is 5. The summed E-state index contributed by atoms with van der Waals surface area (Å²) in [6.07, 6.45) is 3.76. The van der Waals surface area contributed by atoms with Gasteiger partial charge in [-0.15, -0.1) is 0 Å². The third-order valence-electron chi connectivity index (χ3n) is 3.90. The lowest BCUT2D eigenvalue weighted by Crippen LogP contribution is -2.25. The Labute approximate surface area is 107 Å². The van der Waals surface area contributed by atoms with E-state index < -0.39 is 0 Å².